The first-order valence-electron chi connectivity index (χ1n) is 9.88. The van der Waals surface area contributed by atoms with Gasteiger partial charge in [-0.3, -0.25) is 9.59 Å². The van der Waals surface area contributed by atoms with Crippen LogP contribution in [-0.2, 0) is 16.1 Å². The van der Waals surface area contributed by atoms with Crippen molar-refractivity contribution in [3.05, 3.63) is 23.8 Å². The van der Waals surface area contributed by atoms with Gasteiger partial charge in [0.05, 0.1) is 0 Å². The number of anilines is 2. The van der Waals surface area contributed by atoms with Crippen LogP contribution in [0.3, 0.4) is 0 Å². The van der Waals surface area contributed by atoms with E-state index in [2.05, 4.69) is 44.8 Å². The fourth-order valence-electron chi connectivity index (χ4n) is 3.11. The van der Waals surface area contributed by atoms with Gasteiger partial charge in [-0.25, -0.2) is 0 Å². The molecule has 1 aliphatic rings. The number of carbonyl (C=O) groups is 2. The van der Waals surface area contributed by atoms with Crippen molar-refractivity contribution in [3.63, 3.8) is 0 Å². The number of benzene rings is 1. The molecule has 0 unspecified atom stereocenters. The van der Waals surface area contributed by atoms with Crippen molar-refractivity contribution in [2.45, 2.75) is 66.5 Å². The molecule has 0 aromatic heterocycles. The van der Waals surface area contributed by atoms with Crippen LogP contribution in [0.2, 0.25) is 0 Å². The van der Waals surface area contributed by atoms with E-state index in [0.717, 1.165) is 29.8 Å². The van der Waals surface area contributed by atoms with Gasteiger partial charge < -0.3 is 15.1 Å². The Labute approximate surface area is 164 Å². The van der Waals surface area contributed by atoms with Crippen LogP contribution in [0, 0.1) is 11.3 Å². The van der Waals surface area contributed by atoms with Gasteiger partial charge in [0, 0.05) is 50.4 Å². The monoisotopic (exact) mass is 373 g/mol. The molecule has 0 heterocycles. The third kappa shape index (κ3) is 6.26. The van der Waals surface area contributed by atoms with Crippen molar-refractivity contribution in [3.8, 4) is 0 Å². The maximum atomic E-state index is 12.9. The highest BCUT2D eigenvalue weighted by Crippen LogP contribution is 2.31. The molecule has 1 fully saturated rings. The molecule has 0 spiro atoms. The Morgan fingerprint density at radius 1 is 1.19 bits per heavy atom. The highest BCUT2D eigenvalue weighted by Gasteiger charge is 2.30. The molecule has 0 saturated heterocycles. The van der Waals surface area contributed by atoms with Crippen LogP contribution in [0.15, 0.2) is 18.2 Å². The first kappa shape index (κ1) is 21.3. The lowest BCUT2D eigenvalue weighted by Gasteiger charge is -2.31. The van der Waals surface area contributed by atoms with Crippen molar-refractivity contribution in [2.75, 3.05) is 24.3 Å². The molecule has 5 heteroatoms. The standard InChI is InChI=1S/C22H35N3O2/c1-15(2)25(20(26)13-22(3,4)5)14-17-12-18(10-11-19(17)24(6)7)23-21(27)16-8-9-16/h10-12,15-16H,8-9,13-14H2,1-7H3,(H,23,27). The largest absolute Gasteiger partial charge is 0.377 e. The molecule has 0 aliphatic heterocycles. The van der Waals surface area contributed by atoms with Crippen molar-refractivity contribution in [1.29, 1.82) is 0 Å². The molecular formula is C22H35N3O2. The van der Waals surface area contributed by atoms with E-state index in [-0.39, 0.29) is 29.2 Å². The van der Waals surface area contributed by atoms with Crippen LogP contribution in [0.1, 0.15) is 59.4 Å². The summed E-state index contributed by atoms with van der Waals surface area (Å²) in [4.78, 5) is 29.0. The fourth-order valence-corrected chi connectivity index (χ4v) is 3.11. The van der Waals surface area contributed by atoms with Crippen LogP contribution >= 0.6 is 0 Å². The number of hydrogen-bond acceptors (Lipinski definition) is 3. The highest BCUT2D eigenvalue weighted by atomic mass is 16.2. The number of rotatable bonds is 7. The molecule has 0 bridgehead atoms. The molecule has 1 aliphatic carbocycles. The molecule has 1 aromatic rings. The summed E-state index contributed by atoms with van der Waals surface area (Å²) in [5.41, 5.74) is 2.87. The summed E-state index contributed by atoms with van der Waals surface area (Å²) in [7, 11) is 4.00. The average Bonchev–Trinajstić information content (AvgIpc) is 3.35. The molecule has 27 heavy (non-hydrogen) atoms. The lowest BCUT2D eigenvalue weighted by atomic mass is 9.91. The number of amides is 2. The third-order valence-electron chi connectivity index (χ3n) is 4.74. The van der Waals surface area contributed by atoms with E-state index in [4.69, 9.17) is 0 Å². The lowest BCUT2D eigenvalue weighted by molar-refractivity contribution is -0.135. The second-order valence-corrected chi connectivity index (χ2v) is 9.35. The second-order valence-electron chi connectivity index (χ2n) is 9.35. The van der Waals surface area contributed by atoms with Crippen LogP contribution < -0.4 is 10.2 Å². The van der Waals surface area contributed by atoms with Gasteiger partial charge in [-0.15, -0.1) is 0 Å². The highest BCUT2D eigenvalue weighted by molar-refractivity contribution is 5.94. The first-order valence-corrected chi connectivity index (χ1v) is 9.88. The van der Waals surface area contributed by atoms with E-state index in [9.17, 15) is 9.59 Å². The number of nitrogens with zero attached hydrogens (tertiary/aromatic N) is 2. The zero-order valence-corrected chi connectivity index (χ0v) is 17.9. The molecular weight excluding hydrogens is 338 g/mol. The zero-order chi connectivity index (χ0) is 20.4. The van der Waals surface area contributed by atoms with Gasteiger partial charge in [-0.05, 0) is 55.9 Å². The summed E-state index contributed by atoms with van der Waals surface area (Å²) in [5, 5.41) is 3.02. The van der Waals surface area contributed by atoms with E-state index < -0.39 is 0 Å². The minimum Gasteiger partial charge on any atom is -0.377 e. The molecule has 1 saturated carbocycles. The van der Waals surface area contributed by atoms with Gasteiger partial charge in [0.25, 0.3) is 0 Å². The third-order valence-corrected chi connectivity index (χ3v) is 4.74. The van der Waals surface area contributed by atoms with Gasteiger partial charge in [0.15, 0.2) is 0 Å². The summed E-state index contributed by atoms with van der Waals surface area (Å²) >= 11 is 0. The molecule has 1 N–H and O–H groups in total. The minimum absolute atomic E-state index is 0.0469. The van der Waals surface area contributed by atoms with E-state index in [0.29, 0.717) is 13.0 Å². The molecule has 5 nitrogen and oxygen atoms in total. The van der Waals surface area contributed by atoms with Gasteiger partial charge in [-0.2, -0.15) is 0 Å². The van der Waals surface area contributed by atoms with Gasteiger partial charge in [-0.1, -0.05) is 20.8 Å². The topological polar surface area (TPSA) is 52.7 Å². The average molecular weight is 374 g/mol. The summed E-state index contributed by atoms with van der Waals surface area (Å²) in [5.74, 6) is 0.431. The van der Waals surface area contributed by atoms with E-state index >= 15 is 0 Å². The molecule has 2 rings (SSSR count). The number of hydrogen-bond donors (Lipinski definition) is 1. The molecule has 2 amide bonds. The Morgan fingerprint density at radius 2 is 1.81 bits per heavy atom. The first-order chi connectivity index (χ1) is 12.5. The Kier molecular flexibility index (Phi) is 6.55. The van der Waals surface area contributed by atoms with E-state index in [1.165, 1.54) is 0 Å². The van der Waals surface area contributed by atoms with E-state index in [1.54, 1.807) is 0 Å². The second kappa shape index (κ2) is 8.32. The zero-order valence-electron chi connectivity index (χ0n) is 17.9. The van der Waals surface area contributed by atoms with Crippen LogP contribution in [0.4, 0.5) is 11.4 Å². The van der Waals surface area contributed by atoms with Crippen molar-refractivity contribution in [2.24, 2.45) is 11.3 Å². The number of carbonyl (C=O) groups excluding carboxylic acids is 2. The number of nitrogens with one attached hydrogen (secondary N) is 1. The van der Waals surface area contributed by atoms with Gasteiger partial charge in [0.1, 0.15) is 0 Å². The van der Waals surface area contributed by atoms with E-state index in [1.807, 2.05) is 37.2 Å². The smallest absolute Gasteiger partial charge is 0.227 e. The van der Waals surface area contributed by atoms with Crippen LogP contribution in [-0.4, -0.2) is 36.9 Å². The van der Waals surface area contributed by atoms with Crippen molar-refractivity contribution in [1.82, 2.24) is 4.90 Å². The molecule has 0 radical (unpaired) electrons. The predicted molar refractivity (Wildman–Crippen MR) is 112 cm³/mol. The van der Waals surface area contributed by atoms with Gasteiger partial charge >= 0.3 is 0 Å². The Bertz CT molecular complexity index is 685. The normalized spacial score (nSPS) is 14.2. The maximum absolute atomic E-state index is 12.9. The summed E-state index contributed by atoms with van der Waals surface area (Å²) in [6.07, 6.45) is 2.48. The van der Waals surface area contributed by atoms with Crippen LogP contribution in [0.25, 0.3) is 0 Å². The summed E-state index contributed by atoms with van der Waals surface area (Å²) in [6, 6.07) is 6.08. The minimum atomic E-state index is -0.0469. The van der Waals surface area contributed by atoms with Gasteiger partial charge in [0.2, 0.25) is 11.8 Å². The predicted octanol–water partition coefficient (Wildman–Crippen LogP) is 4.27. The molecule has 0 atom stereocenters. The molecule has 150 valence electrons. The summed E-state index contributed by atoms with van der Waals surface area (Å²) in [6.45, 7) is 10.9. The Hall–Kier alpha value is -2.04. The molecule has 1 aromatic carbocycles. The Balaban J connectivity index is 2.25. The van der Waals surface area contributed by atoms with Crippen molar-refractivity contribution >= 4 is 23.2 Å². The Morgan fingerprint density at radius 3 is 2.30 bits per heavy atom. The SMILES string of the molecule is CC(C)N(Cc1cc(NC(=O)C2CC2)ccc1N(C)C)C(=O)CC(C)(C)C. The summed E-state index contributed by atoms with van der Waals surface area (Å²) < 4.78 is 0. The quantitative estimate of drug-likeness (QED) is 0.776. The lowest BCUT2D eigenvalue weighted by Crippen LogP contribution is -2.38. The maximum Gasteiger partial charge on any atom is 0.227 e. The van der Waals surface area contributed by atoms with Crippen molar-refractivity contribution < 1.29 is 9.59 Å². The fraction of sp³-hybridized carbons (Fsp3) is 0.636. The van der Waals surface area contributed by atoms with Crippen LogP contribution in [0.5, 0.6) is 0 Å².